The van der Waals surface area contributed by atoms with Crippen LogP contribution < -0.4 is 69.3 Å². The van der Waals surface area contributed by atoms with Gasteiger partial charge in [-0.3, -0.25) is 4.55 Å². The fraction of sp³-hybridized carbons (Fsp3) is 0.462. The van der Waals surface area contributed by atoms with E-state index in [0.717, 1.165) is 11.1 Å². The average molecular weight is 535 g/mol. The van der Waals surface area contributed by atoms with Gasteiger partial charge in [0.1, 0.15) is 5.25 Å². The van der Waals surface area contributed by atoms with Crippen molar-refractivity contribution < 1.29 is 91.9 Å². The zero-order valence-electron chi connectivity index (χ0n) is 22.0. The van der Waals surface area contributed by atoms with Gasteiger partial charge in [-0.1, -0.05) is 88.4 Å². The molecule has 0 aromatic heterocycles. The van der Waals surface area contributed by atoms with Crippen LogP contribution in [0.4, 0.5) is 0 Å². The Kier molecular flexibility index (Phi) is 13.6. The smallest absolute Gasteiger partial charge is 0.549 e. The van der Waals surface area contributed by atoms with Crippen molar-refractivity contribution in [2.24, 2.45) is 16.2 Å². The summed E-state index contributed by atoms with van der Waals surface area (Å²) in [6, 6.07) is 18.3. The summed E-state index contributed by atoms with van der Waals surface area (Å²) in [5.74, 6) is -4.01. The first-order chi connectivity index (χ1) is 15.6. The second kappa shape index (κ2) is 13.9. The molecule has 0 spiro atoms. The number of rotatable bonds is 12. The van der Waals surface area contributed by atoms with Crippen molar-refractivity contribution in [3.8, 4) is 0 Å². The maximum Gasteiger partial charge on any atom is 1.00 e. The molecule has 0 aliphatic carbocycles. The van der Waals surface area contributed by atoms with Gasteiger partial charge in [0.25, 0.3) is 10.1 Å². The summed E-state index contributed by atoms with van der Waals surface area (Å²) in [6.45, 7) is 6.94. The van der Waals surface area contributed by atoms with Gasteiger partial charge in [-0.05, 0) is 47.6 Å². The molecule has 0 fully saturated rings. The third-order valence-corrected chi connectivity index (χ3v) is 7.30. The number of aliphatic carboxylic acids is 2. The number of carboxylic acid groups (broad SMARTS) is 2. The molecule has 0 aliphatic rings. The molecule has 7 nitrogen and oxygen atoms in total. The predicted octanol–water partition coefficient (Wildman–Crippen LogP) is -3.94. The number of hydrogen-bond donors (Lipinski definition) is 1. The molecule has 186 valence electrons. The van der Waals surface area contributed by atoms with E-state index in [4.69, 9.17) is 0 Å². The van der Waals surface area contributed by atoms with Crippen LogP contribution >= 0.6 is 0 Å². The molecule has 0 saturated carbocycles. The topological polar surface area (TPSA) is 135 Å². The average Bonchev–Trinajstić information content (AvgIpc) is 2.66. The van der Waals surface area contributed by atoms with E-state index in [1.165, 1.54) is 0 Å². The van der Waals surface area contributed by atoms with Gasteiger partial charge < -0.3 is 19.8 Å². The molecule has 2 rings (SSSR count). The molecule has 1 N–H and O–H groups in total. The van der Waals surface area contributed by atoms with E-state index < -0.39 is 43.6 Å². The van der Waals surface area contributed by atoms with E-state index in [1.807, 2.05) is 60.7 Å². The van der Waals surface area contributed by atoms with Gasteiger partial charge in [-0.25, -0.2) is 0 Å². The van der Waals surface area contributed by atoms with Crippen LogP contribution in [0.3, 0.4) is 0 Å². The van der Waals surface area contributed by atoms with Gasteiger partial charge in [0.05, 0.1) is 5.97 Å². The van der Waals surface area contributed by atoms with Gasteiger partial charge in [-0.2, -0.15) is 8.42 Å². The maximum atomic E-state index is 12.7. The number of carboxylic acids is 2. The molecule has 0 aliphatic heterocycles. The summed E-state index contributed by atoms with van der Waals surface area (Å²) in [7, 11) is -5.34. The molecular formula is C26H32Na2O7S. The maximum absolute atomic E-state index is 12.7. The third-order valence-electron chi connectivity index (χ3n) is 6.06. The monoisotopic (exact) mass is 534 g/mol. The van der Waals surface area contributed by atoms with E-state index in [9.17, 15) is 32.8 Å². The Hall–Kier alpha value is -0.710. The minimum Gasteiger partial charge on any atom is -0.549 e. The largest absolute Gasteiger partial charge is 1.00 e. The molecule has 1 atom stereocenters. The quantitative estimate of drug-likeness (QED) is 0.217. The molecule has 0 bridgehead atoms. The van der Waals surface area contributed by atoms with Crippen LogP contribution in [-0.2, 0) is 32.5 Å². The Bertz CT molecular complexity index is 1050. The first-order valence-corrected chi connectivity index (χ1v) is 12.5. The number of hydrogen-bond acceptors (Lipinski definition) is 6. The molecule has 0 heterocycles. The van der Waals surface area contributed by atoms with Crippen molar-refractivity contribution in [3.63, 3.8) is 0 Å². The number of benzene rings is 2. The van der Waals surface area contributed by atoms with Crippen LogP contribution in [0.5, 0.6) is 0 Å². The van der Waals surface area contributed by atoms with Crippen molar-refractivity contribution in [2.45, 2.75) is 58.6 Å². The van der Waals surface area contributed by atoms with Crippen LogP contribution in [0.1, 0.15) is 51.7 Å². The van der Waals surface area contributed by atoms with Gasteiger partial charge in [0.15, 0.2) is 0 Å². The molecule has 0 amide bonds. The summed E-state index contributed by atoms with van der Waals surface area (Å²) in [4.78, 5) is 24.7. The van der Waals surface area contributed by atoms with Crippen molar-refractivity contribution in [1.29, 1.82) is 0 Å². The van der Waals surface area contributed by atoms with Crippen molar-refractivity contribution >= 4 is 22.1 Å². The first kappa shape index (κ1) is 35.3. The fourth-order valence-electron chi connectivity index (χ4n) is 5.26. The molecule has 1 unspecified atom stereocenters. The Labute approximate surface area is 258 Å². The summed E-state index contributed by atoms with van der Waals surface area (Å²) in [5, 5.41) is 22.1. The first-order valence-electron chi connectivity index (χ1n) is 11.0. The minimum absolute atomic E-state index is 0. The SMILES string of the molecule is CC(C)(Cc1ccccc1)CC(CC(C)(C)Cc1ccccc1)(C(=O)[O-])C(C(=O)[O-])S(=O)(=O)O.[Na+].[Na+]. The van der Waals surface area contributed by atoms with E-state index >= 15 is 0 Å². The Morgan fingerprint density at radius 3 is 1.36 bits per heavy atom. The number of carbonyl (C=O) groups excluding carboxylic acids is 2. The van der Waals surface area contributed by atoms with E-state index in [-0.39, 0.29) is 72.0 Å². The normalized spacial score (nSPS) is 13.1. The molecule has 2 aromatic carbocycles. The van der Waals surface area contributed by atoms with E-state index in [2.05, 4.69) is 0 Å². The van der Waals surface area contributed by atoms with Crippen molar-refractivity contribution in [2.75, 3.05) is 0 Å². The Morgan fingerprint density at radius 2 is 1.11 bits per heavy atom. The third kappa shape index (κ3) is 9.87. The van der Waals surface area contributed by atoms with Gasteiger partial charge >= 0.3 is 59.1 Å². The molecule has 36 heavy (non-hydrogen) atoms. The Balaban J connectivity index is 0.00000612. The molecule has 0 radical (unpaired) electrons. The van der Waals surface area contributed by atoms with Gasteiger partial charge in [0.2, 0.25) is 0 Å². The zero-order chi connectivity index (χ0) is 25.8. The second-order valence-corrected chi connectivity index (χ2v) is 12.2. The fourth-order valence-corrected chi connectivity index (χ4v) is 6.34. The van der Waals surface area contributed by atoms with Crippen LogP contribution in [0.2, 0.25) is 0 Å². The van der Waals surface area contributed by atoms with Crippen molar-refractivity contribution in [1.82, 2.24) is 0 Å². The predicted molar refractivity (Wildman–Crippen MR) is 125 cm³/mol. The molecular weight excluding hydrogens is 502 g/mol. The van der Waals surface area contributed by atoms with E-state index in [0.29, 0.717) is 12.8 Å². The van der Waals surface area contributed by atoms with Crippen molar-refractivity contribution in [3.05, 3.63) is 71.8 Å². The molecule has 10 heteroatoms. The minimum atomic E-state index is -5.34. The van der Waals surface area contributed by atoms with Gasteiger partial charge in [0, 0.05) is 11.4 Å². The summed E-state index contributed by atoms with van der Waals surface area (Å²) >= 11 is 0. The van der Waals surface area contributed by atoms with Crippen LogP contribution in [-0.4, -0.2) is 30.2 Å². The second-order valence-electron chi connectivity index (χ2n) is 10.7. The van der Waals surface area contributed by atoms with Gasteiger partial charge in [-0.15, -0.1) is 0 Å². The zero-order valence-corrected chi connectivity index (χ0v) is 26.8. The van der Waals surface area contributed by atoms with Crippen LogP contribution in [0.15, 0.2) is 60.7 Å². The Morgan fingerprint density at radius 1 is 0.778 bits per heavy atom. The molecule has 2 aromatic rings. The molecule has 0 saturated heterocycles. The number of carbonyl (C=O) groups is 2. The summed E-state index contributed by atoms with van der Waals surface area (Å²) < 4.78 is 34.4. The van der Waals surface area contributed by atoms with Crippen LogP contribution in [0, 0.1) is 16.2 Å². The van der Waals surface area contributed by atoms with E-state index in [1.54, 1.807) is 27.7 Å². The van der Waals surface area contributed by atoms with Crippen LogP contribution in [0.25, 0.3) is 0 Å². The standard InChI is InChI=1S/C26H34O7S.2Na/c1-24(2,15-19-11-7-5-8-12-19)17-26(23(29)30,21(22(27)28)34(31,32)33)18-25(3,4)16-20-13-9-6-10-14-20;;/h5-14,21H,15-18H2,1-4H3,(H,27,28)(H,29,30)(H,31,32,33);;/q;2*+1/p-2. The summed E-state index contributed by atoms with van der Waals surface area (Å²) in [5.41, 5.74) is -2.41. The summed E-state index contributed by atoms with van der Waals surface area (Å²) in [6.07, 6.45) is -0.0256.